The molecule has 1 N–H and O–H groups in total. The number of piperidine rings is 1. The molecule has 0 spiro atoms. The summed E-state index contributed by atoms with van der Waals surface area (Å²) in [4.78, 5) is 4.48. The number of nitrogens with zero attached hydrogens (tertiary/aromatic N) is 3. The lowest BCUT2D eigenvalue weighted by Crippen LogP contribution is -2.29. The van der Waals surface area contributed by atoms with Gasteiger partial charge in [-0.3, -0.25) is 0 Å². The first-order chi connectivity index (χ1) is 12.3. The van der Waals surface area contributed by atoms with Gasteiger partial charge < -0.3 is 14.8 Å². The van der Waals surface area contributed by atoms with Crippen LogP contribution in [-0.4, -0.2) is 41.9 Å². The lowest BCUT2D eigenvalue weighted by atomic mass is 9.96. The highest BCUT2D eigenvalue weighted by Gasteiger charge is 2.19. The van der Waals surface area contributed by atoms with Gasteiger partial charge in [-0.2, -0.15) is 5.10 Å². The number of aromatic nitrogens is 3. The first-order valence-corrected chi connectivity index (χ1v) is 8.58. The molecule has 0 amide bonds. The molecule has 3 aromatic rings. The van der Waals surface area contributed by atoms with Gasteiger partial charge in [0.25, 0.3) is 0 Å². The zero-order chi connectivity index (χ0) is 17.2. The Morgan fingerprint density at radius 1 is 1.12 bits per heavy atom. The van der Waals surface area contributed by atoms with Crippen LogP contribution in [-0.2, 0) is 0 Å². The first kappa shape index (κ1) is 15.9. The average molecular weight is 338 g/mol. The number of methoxy groups -OCH3 is 2. The SMILES string of the molecule is COc1ccc(-c2cc3nccc([C@H]4CCCNC4)n3n2)cc1OC. The Bertz CT molecular complexity index is 884. The molecule has 0 unspecified atom stereocenters. The molecule has 1 aliphatic rings. The maximum absolute atomic E-state index is 5.41. The average Bonchev–Trinajstić information content (AvgIpc) is 3.12. The summed E-state index contributed by atoms with van der Waals surface area (Å²) in [5, 5.41) is 8.29. The summed E-state index contributed by atoms with van der Waals surface area (Å²) in [5.41, 5.74) is 3.94. The Morgan fingerprint density at radius 2 is 2.00 bits per heavy atom. The molecule has 0 bridgehead atoms. The van der Waals surface area contributed by atoms with Crippen molar-refractivity contribution in [3.63, 3.8) is 0 Å². The fourth-order valence-corrected chi connectivity index (χ4v) is 3.46. The molecule has 1 aromatic carbocycles. The summed E-state index contributed by atoms with van der Waals surface area (Å²) in [6.45, 7) is 2.09. The van der Waals surface area contributed by atoms with Gasteiger partial charge in [-0.15, -0.1) is 0 Å². The summed E-state index contributed by atoms with van der Waals surface area (Å²) in [6.07, 6.45) is 4.25. The highest BCUT2D eigenvalue weighted by Crippen LogP contribution is 2.32. The van der Waals surface area contributed by atoms with Crippen LogP contribution in [0.3, 0.4) is 0 Å². The van der Waals surface area contributed by atoms with Crippen molar-refractivity contribution in [1.29, 1.82) is 0 Å². The molecule has 25 heavy (non-hydrogen) atoms. The second-order valence-electron chi connectivity index (χ2n) is 6.28. The van der Waals surface area contributed by atoms with Crippen molar-refractivity contribution in [2.45, 2.75) is 18.8 Å². The number of benzene rings is 1. The van der Waals surface area contributed by atoms with E-state index in [1.54, 1.807) is 14.2 Å². The van der Waals surface area contributed by atoms with Gasteiger partial charge in [0, 0.05) is 30.3 Å². The third-order valence-corrected chi connectivity index (χ3v) is 4.78. The standard InChI is InChI=1S/C19H22N4O2/c1-24-17-6-5-13(10-18(17)25-2)15-11-19-21-9-7-16(23(19)22-15)14-4-3-8-20-12-14/h5-7,9-11,14,20H,3-4,8,12H2,1-2H3/t14-/m0/s1. The highest BCUT2D eigenvalue weighted by atomic mass is 16.5. The summed E-state index contributed by atoms with van der Waals surface area (Å²) in [7, 11) is 3.28. The van der Waals surface area contributed by atoms with Crippen molar-refractivity contribution < 1.29 is 9.47 Å². The van der Waals surface area contributed by atoms with Crippen LogP contribution in [0.15, 0.2) is 36.5 Å². The second kappa shape index (κ2) is 6.72. The summed E-state index contributed by atoms with van der Waals surface area (Å²) < 4.78 is 12.7. The smallest absolute Gasteiger partial charge is 0.161 e. The van der Waals surface area contributed by atoms with E-state index in [9.17, 15) is 0 Å². The first-order valence-electron chi connectivity index (χ1n) is 8.58. The number of rotatable bonds is 4. The molecule has 2 aromatic heterocycles. The summed E-state index contributed by atoms with van der Waals surface area (Å²) in [6, 6.07) is 9.93. The molecule has 0 radical (unpaired) electrons. The molecular formula is C19H22N4O2. The monoisotopic (exact) mass is 338 g/mol. The third kappa shape index (κ3) is 2.93. The van der Waals surface area contributed by atoms with Crippen molar-refractivity contribution in [2.24, 2.45) is 0 Å². The van der Waals surface area contributed by atoms with Gasteiger partial charge in [0.2, 0.25) is 0 Å². The lowest BCUT2D eigenvalue weighted by molar-refractivity contribution is 0.355. The van der Waals surface area contributed by atoms with Gasteiger partial charge in [-0.25, -0.2) is 9.50 Å². The molecule has 1 aliphatic heterocycles. The Hall–Kier alpha value is -2.60. The van der Waals surface area contributed by atoms with E-state index in [0.29, 0.717) is 17.4 Å². The molecule has 1 fully saturated rings. The summed E-state index contributed by atoms with van der Waals surface area (Å²) in [5.74, 6) is 1.88. The largest absolute Gasteiger partial charge is 0.493 e. The van der Waals surface area contributed by atoms with Crippen LogP contribution in [0.5, 0.6) is 11.5 Å². The van der Waals surface area contributed by atoms with Crippen LogP contribution in [0.2, 0.25) is 0 Å². The minimum atomic E-state index is 0.470. The lowest BCUT2D eigenvalue weighted by Gasteiger charge is -2.23. The Labute approximate surface area is 146 Å². The van der Waals surface area contributed by atoms with Gasteiger partial charge in [-0.1, -0.05) is 0 Å². The molecule has 3 heterocycles. The van der Waals surface area contributed by atoms with E-state index < -0.39 is 0 Å². The molecule has 1 atom stereocenters. The maximum atomic E-state index is 5.41. The molecule has 1 saturated heterocycles. The van der Waals surface area contributed by atoms with Crippen molar-refractivity contribution in [2.75, 3.05) is 27.3 Å². The molecule has 0 aliphatic carbocycles. The Balaban J connectivity index is 1.76. The molecule has 4 rings (SSSR count). The van der Waals surface area contributed by atoms with Crippen LogP contribution >= 0.6 is 0 Å². The van der Waals surface area contributed by atoms with Gasteiger partial charge in [0.15, 0.2) is 17.1 Å². The topological polar surface area (TPSA) is 60.7 Å². The second-order valence-corrected chi connectivity index (χ2v) is 6.28. The van der Waals surface area contributed by atoms with Gasteiger partial charge in [-0.05, 0) is 43.7 Å². The molecule has 6 heteroatoms. The number of ether oxygens (including phenoxy) is 2. The number of nitrogens with one attached hydrogen (secondary N) is 1. The van der Waals surface area contributed by atoms with Crippen molar-refractivity contribution >= 4 is 5.65 Å². The zero-order valence-electron chi connectivity index (χ0n) is 14.5. The van der Waals surface area contributed by atoms with Crippen LogP contribution in [0.4, 0.5) is 0 Å². The summed E-state index contributed by atoms with van der Waals surface area (Å²) >= 11 is 0. The Morgan fingerprint density at radius 3 is 2.76 bits per heavy atom. The Kier molecular flexibility index (Phi) is 4.28. The van der Waals surface area contributed by atoms with Gasteiger partial charge >= 0.3 is 0 Å². The van der Waals surface area contributed by atoms with Crippen molar-refractivity contribution in [1.82, 2.24) is 19.9 Å². The van der Waals surface area contributed by atoms with E-state index in [2.05, 4.69) is 16.4 Å². The van der Waals surface area contributed by atoms with Crippen LogP contribution in [0.1, 0.15) is 24.5 Å². The van der Waals surface area contributed by atoms with Gasteiger partial charge in [0.1, 0.15) is 0 Å². The van der Waals surface area contributed by atoms with Crippen molar-refractivity contribution in [3.8, 4) is 22.8 Å². The maximum Gasteiger partial charge on any atom is 0.161 e. The minimum Gasteiger partial charge on any atom is -0.493 e. The fourth-order valence-electron chi connectivity index (χ4n) is 3.46. The van der Waals surface area contributed by atoms with E-state index in [4.69, 9.17) is 14.6 Å². The van der Waals surface area contributed by atoms with E-state index in [1.807, 2.05) is 35.0 Å². The molecule has 0 saturated carbocycles. The third-order valence-electron chi connectivity index (χ3n) is 4.78. The van der Waals surface area contributed by atoms with E-state index in [1.165, 1.54) is 18.5 Å². The van der Waals surface area contributed by atoms with Crippen LogP contribution < -0.4 is 14.8 Å². The minimum absolute atomic E-state index is 0.470. The molecule has 130 valence electrons. The quantitative estimate of drug-likeness (QED) is 0.793. The number of hydrogen-bond acceptors (Lipinski definition) is 5. The van der Waals surface area contributed by atoms with E-state index in [0.717, 1.165) is 30.0 Å². The molecular weight excluding hydrogens is 316 g/mol. The van der Waals surface area contributed by atoms with E-state index in [-0.39, 0.29) is 0 Å². The van der Waals surface area contributed by atoms with Crippen LogP contribution in [0.25, 0.3) is 16.9 Å². The van der Waals surface area contributed by atoms with Crippen LogP contribution in [0, 0.1) is 0 Å². The van der Waals surface area contributed by atoms with Gasteiger partial charge in [0.05, 0.1) is 25.6 Å². The number of hydrogen-bond donors (Lipinski definition) is 1. The highest BCUT2D eigenvalue weighted by molar-refractivity contribution is 5.67. The molecule has 6 nitrogen and oxygen atoms in total. The normalized spacial score (nSPS) is 17.6. The zero-order valence-corrected chi connectivity index (χ0v) is 14.5. The van der Waals surface area contributed by atoms with E-state index >= 15 is 0 Å². The van der Waals surface area contributed by atoms with Crippen molar-refractivity contribution in [3.05, 3.63) is 42.2 Å². The predicted octanol–water partition coefficient (Wildman–Crippen LogP) is 2.88. The number of fused-ring (bicyclic) bond motifs is 1. The predicted molar refractivity (Wildman–Crippen MR) is 96.4 cm³/mol. The fraction of sp³-hybridized carbons (Fsp3) is 0.368.